The van der Waals surface area contributed by atoms with Crippen molar-refractivity contribution < 1.29 is 14.3 Å². The highest BCUT2D eigenvalue weighted by Gasteiger charge is 2.28. The number of imide groups is 1. The van der Waals surface area contributed by atoms with Crippen LogP contribution in [-0.4, -0.2) is 39.0 Å². The number of carbonyl (C=O) groups excluding carboxylic acids is 2. The zero-order chi connectivity index (χ0) is 26.2. The molecular weight excluding hydrogens is 478 g/mol. The molecule has 2 unspecified atom stereocenters. The van der Waals surface area contributed by atoms with Crippen LogP contribution < -0.4 is 15.0 Å². The number of benzene rings is 2. The van der Waals surface area contributed by atoms with E-state index in [0.29, 0.717) is 24.4 Å². The molecule has 3 amide bonds. The van der Waals surface area contributed by atoms with Gasteiger partial charge >= 0.3 is 6.03 Å². The lowest BCUT2D eigenvalue weighted by molar-refractivity contribution is -0.120. The Balaban J connectivity index is 1.10. The SMILES string of the molecule is CC1CCCCC1Oc1ccc(CN2Cc3ccc(-c4ncc(N5CCC(=O)NC5=O)n4C)cc3C2)cc1. The summed E-state index contributed by atoms with van der Waals surface area (Å²) in [6.45, 7) is 5.35. The molecular formula is C30H35N5O3. The fourth-order valence-corrected chi connectivity index (χ4v) is 5.98. The molecule has 1 aliphatic carbocycles. The number of anilines is 1. The molecule has 0 spiro atoms. The third-order valence-corrected chi connectivity index (χ3v) is 8.20. The van der Waals surface area contributed by atoms with Crippen LogP contribution in [0.3, 0.4) is 0 Å². The highest BCUT2D eigenvalue weighted by molar-refractivity contribution is 6.05. The number of imidazole rings is 1. The second-order valence-corrected chi connectivity index (χ2v) is 10.9. The van der Waals surface area contributed by atoms with E-state index >= 15 is 0 Å². The molecule has 1 N–H and O–H groups in total. The van der Waals surface area contributed by atoms with Crippen LogP contribution in [0.15, 0.2) is 48.7 Å². The highest BCUT2D eigenvalue weighted by atomic mass is 16.5. The Labute approximate surface area is 223 Å². The molecule has 3 aliphatic rings. The van der Waals surface area contributed by atoms with Crippen LogP contribution in [0, 0.1) is 5.92 Å². The molecule has 198 valence electrons. The summed E-state index contributed by atoms with van der Waals surface area (Å²) >= 11 is 0. The van der Waals surface area contributed by atoms with Crippen LogP contribution in [0.25, 0.3) is 11.4 Å². The second kappa shape index (κ2) is 10.3. The van der Waals surface area contributed by atoms with Crippen LogP contribution in [0.1, 0.15) is 55.7 Å². The summed E-state index contributed by atoms with van der Waals surface area (Å²) in [5, 5.41) is 2.38. The summed E-state index contributed by atoms with van der Waals surface area (Å²) in [6, 6.07) is 14.7. The zero-order valence-electron chi connectivity index (χ0n) is 22.2. The number of ether oxygens (including phenoxy) is 1. The number of urea groups is 1. The molecule has 3 heterocycles. The van der Waals surface area contributed by atoms with Gasteiger partial charge in [-0.2, -0.15) is 0 Å². The van der Waals surface area contributed by atoms with E-state index in [1.807, 2.05) is 11.6 Å². The minimum Gasteiger partial charge on any atom is -0.490 e. The smallest absolute Gasteiger partial charge is 0.329 e. The number of fused-ring (bicyclic) bond motifs is 1. The topological polar surface area (TPSA) is 79.7 Å². The van der Waals surface area contributed by atoms with Crippen molar-refractivity contribution in [3.05, 3.63) is 65.4 Å². The third-order valence-electron chi connectivity index (χ3n) is 8.20. The highest BCUT2D eigenvalue weighted by Crippen LogP contribution is 2.32. The maximum atomic E-state index is 12.3. The Morgan fingerprint density at radius 1 is 1.03 bits per heavy atom. The van der Waals surface area contributed by atoms with Gasteiger partial charge in [0.15, 0.2) is 0 Å². The normalized spacial score (nSPS) is 21.9. The molecule has 1 saturated carbocycles. The molecule has 2 atom stereocenters. The lowest BCUT2D eigenvalue weighted by Gasteiger charge is -2.29. The van der Waals surface area contributed by atoms with Crippen molar-refractivity contribution in [2.75, 3.05) is 11.4 Å². The van der Waals surface area contributed by atoms with Crippen molar-refractivity contribution in [2.45, 2.75) is 64.8 Å². The van der Waals surface area contributed by atoms with Gasteiger partial charge < -0.3 is 9.30 Å². The first kappa shape index (κ1) is 24.7. The number of nitrogens with one attached hydrogen (secondary N) is 1. The quantitative estimate of drug-likeness (QED) is 0.502. The molecule has 3 aromatic rings. The van der Waals surface area contributed by atoms with Crippen molar-refractivity contribution >= 4 is 17.8 Å². The Kier molecular flexibility index (Phi) is 6.66. The predicted octanol–water partition coefficient (Wildman–Crippen LogP) is 5.01. The van der Waals surface area contributed by atoms with E-state index in [0.717, 1.165) is 43.2 Å². The first-order valence-electron chi connectivity index (χ1n) is 13.7. The van der Waals surface area contributed by atoms with Gasteiger partial charge in [-0.05, 0) is 60.1 Å². The third kappa shape index (κ3) is 4.92. The number of hydrogen-bond acceptors (Lipinski definition) is 5. The van der Waals surface area contributed by atoms with Crippen LogP contribution >= 0.6 is 0 Å². The Morgan fingerprint density at radius 3 is 2.61 bits per heavy atom. The average Bonchev–Trinajstić information content (AvgIpc) is 3.48. The fourth-order valence-electron chi connectivity index (χ4n) is 5.98. The van der Waals surface area contributed by atoms with Crippen molar-refractivity contribution in [2.24, 2.45) is 13.0 Å². The summed E-state index contributed by atoms with van der Waals surface area (Å²) in [6.07, 6.45) is 7.34. The van der Waals surface area contributed by atoms with Gasteiger partial charge in [-0.1, -0.05) is 37.6 Å². The number of amides is 3. The summed E-state index contributed by atoms with van der Waals surface area (Å²) in [7, 11) is 1.91. The van der Waals surface area contributed by atoms with E-state index in [-0.39, 0.29) is 12.3 Å². The number of rotatable bonds is 6. The average molecular weight is 514 g/mol. The van der Waals surface area contributed by atoms with Gasteiger partial charge in [0, 0.05) is 45.2 Å². The molecule has 2 fully saturated rings. The number of aromatic nitrogens is 2. The summed E-state index contributed by atoms with van der Waals surface area (Å²) in [4.78, 5) is 32.5. The van der Waals surface area contributed by atoms with Gasteiger partial charge in [-0.3, -0.25) is 19.9 Å². The van der Waals surface area contributed by atoms with E-state index in [2.05, 4.69) is 64.6 Å². The fraction of sp³-hybridized carbons (Fsp3) is 0.433. The molecule has 8 nitrogen and oxygen atoms in total. The summed E-state index contributed by atoms with van der Waals surface area (Å²) < 4.78 is 8.22. The minimum atomic E-state index is -0.400. The monoisotopic (exact) mass is 513 g/mol. The van der Waals surface area contributed by atoms with Gasteiger partial charge in [-0.25, -0.2) is 9.78 Å². The lowest BCUT2D eigenvalue weighted by Crippen LogP contribution is -2.50. The van der Waals surface area contributed by atoms with Crippen molar-refractivity contribution in [1.82, 2.24) is 19.8 Å². The molecule has 0 radical (unpaired) electrons. The van der Waals surface area contributed by atoms with E-state index in [4.69, 9.17) is 4.74 Å². The Morgan fingerprint density at radius 2 is 1.82 bits per heavy atom. The first-order chi connectivity index (χ1) is 18.4. The van der Waals surface area contributed by atoms with Crippen molar-refractivity contribution in [3.63, 3.8) is 0 Å². The van der Waals surface area contributed by atoms with Crippen LogP contribution in [0.5, 0.6) is 5.75 Å². The number of nitrogens with zero attached hydrogens (tertiary/aromatic N) is 4. The standard InChI is InChI=1S/C30H35N5O3/c1-20-5-3-4-6-26(20)38-25-11-7-21(8-12-25)17-34-18-23-10-9-22(15-24(23)19-34)29-31-16-28(33(29)2)35-14-13-27(36)32-30(35)37/h7-12,15-16,20,26H,3-6,13-14,17-19H2,1-2H3,(H,32,36,37). The molecule has 38 heavy (non-hydrogen) atoms. The molecule has 2 aromatic carbocycles. The largest absolute Gasteiger partial charge is 0.490 e. The van der Waals surface area contributed by atoms with Gasteiger partial charge in [-0.15, -0.1) is 0 Å². The molecule has 8 heteroatoms. The van der Waals surface area contributed by atoms with Crippen LogP contribution in [-0.2, 0) is 31.5 Å². The molecule has 1 saturated heterocycles. The first-order valence-corrected chi connectivity index (χ1v) is 13.7. The van der Waals surface area contributed by atoms with Crippen LogP contribution in [0.2, 0.25) is 0 Å². The Bertz CT molecular complexity index is 1350. The lowest BCUT2D eigenvalue weighted by atomic mass is 9.88. The minimum absolute atomic E-state index is 0.241. The van der Waals surface area contributed by atoms with Gasteiger partial charge in [0.25, 0.3) is 0 Å². The van der Waals surface area contributed by atoms with Gasteiger partial charge in [0.1, 0.15) is 23.5 Å². The molecule has 1 aromatic heterocycles. The zero-order valence-corrected chi connectivity index (χ0v) is 22.2. The van der Waals surface area contributed by atoms with E-state index in [9.17, 15) is 9.59 Å². The molecule has 2 aliphatic heterocycles. The van der Waals surface area contributed by atoms with Gasteiger partial charge in [0.05, 0.1) is 6.20 Å². The van der Waals surface area contributed by atoms with E-state index in [1.54, 1.807) is 11.1 Å². The number of carbonyl (C=O) groups is 2. The van der Waals surface area contributed by atoms with Crippen molar-refractivity contribution in [1.29, 1.82) is 0 Å². The van der Waals surface area contributed by atoms with E-state index in [1.165, 1.54) is 36.0 Å². The maximum Gasteiger partial charge on any atom is 0.329 e. The summed E-state index contributed by atoms with van der Waals surface area (Å²) in [5.41, 5.74) is 4.95. The molecule has 6 rings (SSSR count). The summed E-state index contributed by atoms with van der Waals surface area (Å²) in [5.74, 6) is 2.84. The maximum absolute atomic E-state index is 12.3. The van der Waals surface area contributed by atoms with E-state index < -0.39 is 6.03 Å². The van der Waals surface area contributed by atoms with Crippen molar-refractivity contribution in [3.8, 4) is 17.1 Å². The Hall–Kier alpha value is -3.65. The molecule has 0 bridgehead atoms. The predicted molar refractivity (Wildman–Crippen MR) is 146 cm³/mol. The van der Waals surface area contributed by atoms with Crippen LogP contribution in [0.4, 0.5) is 10.6 Å². The second-order valence-electron chi connectivity index (χ2n) is 10.9. The number of hydrogen-bond donors (Lipinski definition) is 1. The van der Waals surface area contributed by atoms with Gasteiger partial charge in [0.2, 0.25) is 5.91 Å².